The highest BCUT2D eigenvalue weighted by Gasteiger charge is 2.35. The number of anilines is 3. The van der Waals surface area contributed by atoms with Crippen molar-refractivity contribution in [1.82, 2.24) is 0 Å². The highest BCUT2D eigenvalue weighted by Crippen LogP contribution is 2.60. The van der Waals surface area contributed by atoms with E-state index >= 15 is 0 Å². The van der Waals surface area contributed by atoms with Gasteiger partial charge >= 0.3 is 0 Å². The van der Waals surface area contributed by atoms with Crippen molar-refractivity contribution in [2.45, 2.75) is 19.6 Å². The van der Waals surface area contributed by atoms with Crippen LogP contribution in [0.1, 0.15) is 26.3 Å². The molecule has 35 heavy (non-hydrogen) atoms. The number of Topliss-reactive ketones (excluding diaryl/α,β-unsaturated/α-hetero) is 2. The quantitative estimate of drug-likeness (QED) is 0.157. The summed E-state index contributed by atoms with van der Waals surface area (Å²) in [7, 11) is 0. The molecule has 7 rings (SSSR count). The van der Waals surface area contributed by atoms with Crippen LogP contribution in [0.3, 0.4) is 0 Å². The minimum Gasteiger partial charge on any atom is -0.306 e. The average molecular weight is 530 g/mol. The van der Waals surface area contributed by atoms with Crippen LogP contribution in [-0.4, -0.2) is 11.6 Å². The molecule has 3 nitrogen and oxygen atoms in total. The van der Waals surface area contributed by atoms with Crippen LogP contribution in [0.15, 0.2) is 98.0 Å². The molecule has 1 aliphatic carbocycles. The standard InChI is InChI=1S/C28H13Cl2NO2S2/c29-18-12-15-16(13-19(18)30)28(33)17(27(15)32)9-14-10-24-26-25(11-14)35-23-8-4-2-6-21(23)31(26)20-5-1-3-7-22(20)34-24/h1-13H. The summed E-state index contributed by atoms with van der Waals surface area (Å²) in [5.74, 6) is -0.653. The number of ketones is 2. The molecule has 4 aromatic rings. The lowest BCUT2D eigenvalue weighted by molar-refractivity contribution is 0.0990. The topological polar surface area (TPSA) is 37.4 Å². The SMILES string of the molecule is O=C1C(=Cc2cc3c4c(c2)Sc2ccccc2N4c2ccccc2S3)C(=O)c2cc(Cl)c(Cl)cc21. The van der Waals surface area contributed by atoms with Gasteiger partial charge in [0, 0.05) is 30.7 Å². The third-order valence-electron chi connectivity index (χ3n) is 6.29. The van der Waals surface area contributed by atoms with Gasteiger partial charge in [-0.2, -0.15) is 0 Å². The van der Waals surface area contributed by atoms with Gasteiger partial charge in [-0.15, -0.1) is 0 Å². The first-order valence-electron chi connectivity index (χ1n) is 10.8. The maximum absolute atomic E-state index is 13.1. The number of allylic oxidation sites excluding steroid dienone is 1. The number of fused-ring (bicyclic) bond motifs is 5. The van der Waals surface area contributed by atoms with Crippen molar-refractivity contribution in [3.8, 4) is 0 Å². The van der Waals surface area contributed by atoms with Crippen LogP contribution in [-0.2, 0) is 0 Å². The van der Waals surface area contributed by atoms with Crippen molar-refractivity contribution in [1.29, 1.82) is 0 Å². The van der Waals surface area contributed by atoms with Gasteiger partial charge in [0.05, 0.1) is 32.7 Å². The number of hydrogen-bond acceptors (Lipinski definition) is 5. The third kappa shape index (κ3) is 3.16. The molecule has 0 spiro atoms. The summed E-state index contributed by atoms with van der Waals surface area (Å²) in [6.07, 6.45) is 1.69. The van der Waals surface area contributed by atoms with Gasteiger partial charge in [0.2, 0.25) is 0 Å². The van der Waals surface area contributed by atoms with Gasteiger partial charge in [-0.25, -0.2) is 0 Å². The largest absolute Gasteiger partial charge is 0.306 e. The summed E-state index contributed by atoms with van der Waals surface area (Å²) in [5.41, 5.74) is 4.96. The number of carbonyl (C=O) groups excluding carboxylic acids is 2. The number of hydrogen-bond donors (Lipinski definition) is 0. The molecule has 0 radical (unpaired) electrons. The van der Waals surface area contributed by atoms with Crippen molar-refractivity contribution >= 4 is 81.4 Å². The summed E-state index contributed by atoms with van der Waals surface area (Å²) in [5, 5.41) is 0.521. The maximum Gasteiger partial charge on any atom is 0.197 e. The lowest BCUT2D eigenvalue weighted by atomic mass is 10.1. The first-order chi connectivity index (χ1) is 17.0. The highest BCUT2D eigenvalue weighted by atomic mass is 35.5. The lowest BCUT2D eigenvalue weighted by Gasteiger charge is -2.38. The monoisotopic (exact) mass is 529 g/mol. The molecule has 7 heteroatoms. The zero-order valence-electron chi connectivity index (χ0n) is 17.8. The van der Waals surface area contributed by atoms with Crippen molar-refractivity contribution in [3.05, 3.63) is 105 Å². The highest BCUT2D eigenvalue weighted by molar-refractivity contribution is 8.00. The fourth-order valence-electron chi connectivity index (χ4n) is 4.74. The molecule has 0 aromatic heterocycles. The van der Waals surface area contributed by atoms with Crippen molar-refractivity contribution in [3.63, 3.8) is 0 Å². The van der Waals surface area contributed by atoms with Crippen LogP contribution in [0.25, 0.3) is 6.08 Å². The second-order valence-corrected chi connectivity index (χ2v) is 11.4. The van der Waals surface area contributed by atoms with Crippen LogP contribution < -0.4 is 4.90 Å². The molecular weight excluding hydrogens is 517 g/mol. The fraction of sp³-hybridized carbons (Fsp3) is 0. The molecule has 2 heterocycles. The van der Waals surface area contributed by atoms with Crippen molar-refractivity contribution in [2.24, 2.45) is 0 Å². The van der Waals surface area contributed by atoms with Crippen LogP contribution >= 0.6 is 46.7 Å². The summed E-state index contributed by atoms with van der Waals surface area (Å²) in [6.45, 7) is 0. The van der Waals surface area contributed by atoms with Crippen LogP contribution in [0.5, 0.6) is 0 Å². The number of para-hydroxylation sites is 2. The number of carbonyl (C=O) groups is 2. The van der Waals surface area contributed by atoms with E-state index in [-0.39, 0.29) is 27.2 Å². The molecule has 0 fully saturated rings. The van der Waals surface area contributed by atoms with Crippen LogP contribution in [0.2, 0.25) is 10.0 Å². The van der Waals surface area contributed by atoms with Crippen LogP contribution in [0, 0.1) is 0 Å². The Labute approximate surface area is 219 Å². The molecule has 4 aromatic carbocycles. The van der Waals surface area contributed by atoms with Gasteiger partial charge < -0.3 is 4.90 Å². The fourth-order valence-corrected chi connectivity index (χ4v) is 7.41. The number of benzene rings is 4. The van der Waals surface area contributed by atoms with Gasteiger partial charge in [0.15, 0.2) is 11.6 Å². The summed E-state index contributed by atoms with van der Waals surface area (Å²) in [6, 6.07) is 23.8. The number of nitrogens with zero attached hydrogens (tertiary/aromatic N) is 1. The maximum atomic E-state index is 13.1. The predicted molar refractivity (Wildman–Crippen MR) is 142 cm³/mol. The van der Waals surface area contributed by atoms with Crippen molar-refractivity contribution in [2.75, 3.05) is 4.90 Å². The van der Waals surface area contributed by atoms with E-state index in [2.05, 4.69) is 53.4 Å². The predicted octanol–water partition coefficient (Wildman–Crippen LogP) is 8.85. The van der Waals surface area contributed by atoms with E-state index in [1.54, 1.807) is 29.6 Å². The molecule has 0 bridgehead atoms. The summed E-state index contributed by atoms with van der Waals surface area (Å²) < 4.78 is 0. The Balaban J connectivity index is 1.39. The normalized spacial score (nSPS) is 14.9. The van der Waals surface area contributed by atoms with Gasteiger partial charge in [-0.1, -0.05) is 71.0 Å². The molecule has 0 saturated heterocycles. The Bertz CT molecular complexity index is 1560. The van der Waals surface area contributed by atoms with Crippen LogP contribution in [0.4, 0.5) is 17.1 Å². The van der Waals surface area contributed by atoms with E-state index in [0.717, 1.165) is 42.2 Å². The average Bonchev–Trinajstić information content (AvgIpc) is 3.08. The smallest absolute Gasteiger partial charge is 0.197 e. The van der Waals surface area contributed by atoms with E-state index in [1.165, 1.54) is 12.1 Å². The second-order valence-electron chi connectivity index (χ2n) is 8.37. The van der Waals surface area contributed by atoms with E-state index in [4.69, 9.17) is 23.2 Å². The first kappa shape index (κ1) is 21.3. The Morgan fingerprint density at radius 1 is 0.657 bits per heavy atom. The Hall–Kier alpha value is -2.96. The van der Waals surface area contributed by atoms with E-state index in [0.29, 0.717) is 11.1 Å². The Morgan fingerprint density at radius 2 is 1.14 bits per heavy atom. The molecular formula is C28H13Cl2NO2S2. The Morgan fingerprint density at radius 3 is 1.66 bits per heavy atom. The molecule has 0 saturated carbocycles. The number of halogens is 2. The third-order valence-corrected chi connectivity index (χ3v) is 9.20. The van der Waals surface area contributed by atoms with E-state index in [9.17, 15) is 9.59 Å². The lowest BCUT2D eigenvalue weighted by Crippen LogP contribution is -2.19. The molecule has 168 valence electrons. The van der Waals surface area contributed by atoms with E-state index in [1.807, 2.05) is 12.1 Å². The minimum absolute atomic E-state index is 0.129. The molecule has 0 amide bonds. The Kier molecular flexibility index (Phi) is 4.74. The minimum atomic E-state index is -0.326. The zero-order chi connectivity index (χ0) is 23.8. The summed E-state index contributed by atoms with van der Waals surface area (Å²) in [4.78, 5) is 33.0. The van der Waals surface area contributed by atoms with Gasteiger partial charge in [0.25, 0.3) is 0 Å². The van der Waals surface area contributed by atoms with Gasteiger partial charge in [-0.3, -0.25) is 9.59 Å². The molecule has 0 unspecified atom stereocenters. The zero-order valence-corrected chi connectivity index (χ0v) is 21.0. The molecule has 0 N–H and O–H groups in total. The number of rotatable bonds is 1. The van der Waals surface area contributed by atoms with E-state index < -0.39 is 0 Å². The molecule has 0 atom stereocenters. The van der Waals surface area contributed by atoms with Crippen molar-refractivity contribution < 1.29 is 9.59 Å². The first-order valence-corrected chi connectivity index (χ1v) is 13.2. The molecule has 3 aliphatic rings. The second kappa shape index (κ2) is 7.77. The summed E-state index contributed by atoms with van der Waals surface area (Å²) >= 11 is 15.6. The molecule has 2 aliphatic heterocycles. The van der Waals surface area contributed by atoms with Gasteiger partial charge in [0.1, 0.15) is 0 Å². The van der Waals surface area contributed by atoms with Gasteiger partial charge in [-0.05, 0) is 60.2 Å².